The van der Waals surface area contributed by atoms with Crippen LogP contribution in [0.15, 0.2) is 60.3 Å². The molecule has 0 aromatic heterocycles. The molecular formula is C23H28N4O2. The van der Waals surface area contributed by atoms with Crippen molar-refractivity contribution >= 4 is 17.3 Å². The maximum atomic E-state index is 12.2. The number of nitrogens with one attached hydrogen (secondary N) is 2. The minimum atomic E-state index is -0.395. The Morgan fingerprint density at radius 1 is 1.10 bits per heavy atom. The van der Waals surface area contributed by atoms with Crippen molar-refractivity contribution < 1.29 is 9.53 Å². The molecule has 0 unspecified atom stereocenters. The Hall–Kier alpha value is -3.46. The average Bonchev–Trinajstić information content (AvgIpc) is 2.76. The lowest BCUT2D eigenvalue weighted by Crippen LogP contribution is -2.27. The van der Waals surface area contributed by atoms with Crippen molar-refractivity contribution in [3.05, 3.63) is 65.9 Å². The zero-order valence-corrected chi connectivity index (χ0v) is 17.2. The molecule has 0 aliphatic rings. The van der Waals surface area contributed by atoms with E-state index < -0.39 is 5.91 Å². The van der Waals surface area contributed by atoms with Crippen LogP contribution in [0.1, 0.15) is 19.4 Å². The first-order valence-corrected chi connectivity index (χ1v) is 9.74. The number of ether oxygens (including phenoxy) is 1. The van der Waals surface area contributed by atoms with Crippen LogP contribution in [-0.2, 0) is 11.2 Å². The first kappa shape index (κ1) is 21.8. The van der Waals surface area contributed by atoms with Crippen molar-refractivity contribution in [1.29, 1.82) is 5.26 Å². The molecular weight excluding hydrogens is 364 g/mol. The van der Waals surface area contributed by atoms with E-state index in [0.717, 1.165) is 35.8 Å². The van der Waals surface area contributed by atoms with Crippen LogP contribution in [0.5, 0.6) is 5.75 Å². The molecule has 2 aromatic rings. The summed E-state index contributed by atoms with van der Waals surface area (Å²) in [5, 5.41) is 15.1. The Morgan fingerprint density at radius 2 is 1.76 bits per heavy atom. The molecule has 6 nitrogen and oxygen atoms in total. The van der Waals surface area contributed by atoms with E-state index in [4.69, 9.17) is 4.74 Å². The van der Waals surface area contributed by atoms with Crippen molar-refractivity contribution in [2.75, 3.05) is 37.0 Å². The van der Waals surface area contributed by atoms with Crippen LogP contribution in [0.3, 0.4) is 0 Å². The molecule has 0 aliphatic carbocycles. The Morgan fingerprint density at radius 3 is 2.31 bits per heavy atom. The number of methoxy groups -OCH3 is 1. The number of hydrogen-bond acceptors (Lipinski definition) is 5. The summed E-state index contributed by atoms with van der Waals surface area (Å²) in [6, 6.07) is 17.5. The van der Waals surface area contributed by atoms with Crippen LogP contribution in [0, 0.1) is 11.3 Å². The molecule has 0 heterocycles. The second kappa shape index (κ2) is 11.4. The molecule has 1 amide bonds. The summed E-state index contributed by atoms with van der Waals surface area (Å²) in [6.45, 7) is 6.56. The monoisotopic (exact) mass is 392 g/mol. The molecule has 0 aliphatic heterocycles. The molecule has 0 radical (unpaired) electrons. The lowest BCUT2D eigenvalue weighted by molar-refractivity contribution is -0.117. The van der Waals surface area contributed by atoms with Crippen molar-refractivity contribution in [3.63, 3.8) is 0 Å². The smallest absolute Gasteiger partial charge is 0.263 e. The third-order valence-electron chi connectivity index (χ3n) is 4.60. The number of carbonyl (C=O) groups is 1. The molecule has 6 heteroatoms. The van der Waals surface area contributed by atoms with Crippen molar-refractivity contribution in [1.82, 2.24) is 5.32 Å². The minimum Gasteiger partial charge on any atom is -0.497 e. The van der Waals surface area contributed by atoms with Crippen LogP contribution >= 0.6 is 0 Å². The van der Waals surface area contributed by atoms with E-state index in [-0.39, 0.29) is 5.57 Å². The minimum absolute atomic E-state index is 0.0348. The van der Waals surface area contributed by atoms with E-state index in [1.54, 1.807) is 7.11 Å². The van der Waals surface area contributed by atoms with Crippen molar-refractivity contribution in [2.45, 2.75) is 20.3 Å². The van der Waals surface area contributed by atoms with E-state index in [2.05, 4.69) is 29.4 Å². The highest BCUT2D eigenvalue weighted by Crippen LogP contribution is 2.18. The number of anilines is 2. The average molecular weight is 393 g/mol. The Bertz CT molecular complexity index is 848. The van der Waals surface area contributed by atoms with Crippen LogP contribution < -0.4 is 20.3 Å². The maximum absolute atomic E-state index is 12.2. The van der Waals surface area contributed by atoms with Gasteiger partial charge in [0.2, 0.25) is 0 Å². The molecule has 0 atom stereocenters. The van der Waals surface area contributed by atoms with Crippen LogP contribution in [0.25, 0.3) is 0 Å². The van der Waals surface area contributed by atoms with Crippen molar-refractivity contribution in [2.24, 2.45) is 0 Å². The van der Waals surface area contributed by atoms with E-state index >= 15 is 0 Å². The van der Waals surface area contributed by atoms with E-state index in [9.17, 15) is 10.1 Å². The molecule has 0 spiro atoms. The summed E-state index contributed by atoms with van der Waals surface area (Å²) in [4.78, 5) is 14.5. The highest BCUT2D eigenvalue weighted by Gasteiger charge is 2.08. The van der Waals surface area contributed by atoms with E-state index in [0.29, 0.717) is 13.0 Å². The van der Waals surface area contributed by atoms with Crippen molar-refractivity contribution in [3.8, 4) is 11.8 Å². The maximum Gasteiger partial charge on any atom is 0.263 e. The summed E-state index contributed by atoms with van der Waals surface area (Å²) in [7, 11) is 1.62. The zero-order chi connectivity index (χ0) is 21.1. The summed E-state index contributed by atoms with van der Waals surface area (Å²) in [5.41, 5.74) is 3.08. The number of benzene rings is 2. The summed E-state index contributed by atoms with van der Waals surface area (Å²) < 4.78 is 5.13. The molecule has 0 bridgehead atoms. The lowest BCUT2D eigenvalue weighted by Gasteiger charge is -2.21. The van der Waals surface area contributed by atoms with Gasteiger partial charge >= 0.3 is 0 Å². The SMILES string of the molecule is CCN(CC)c1ccc(N/C=C(/C#N)C(=O)NCCc2ccc(OC)cc2)cc1. The fraction of sp³-hybridized carbons (Fsp3) is 0.304. The zero-order valence-electron chi connectivity index (χ0n) is 17.2. The van der Waals surface area contributed by atoms with Gasteiger partial charge in [-0.2, -0.15) is 5.26 Å². The van der Waals surface area contributed by atoms with Gasteiger partial charge in [0, 0.05) is 37.2 Å². The molecule has 2 aromatic carbocycles. The number of nitriles is 1. The van der Waals surface area contributed by atoms with Gasteiger partial charge in [-0.3, -0.25) is 4.79 Å². The lowest BCUT2D eigenvalue weighted by atomic mass is 10.1. The first-order chi connectivity index (χ1) is 14.1. The molecule has 0 saturated heterocycles. The third-order valence-corrected chi connectivity index (χ3v) is 4.60. The largest absolute Gasteiger partial charge is 0.497 e. The molecule has 2 N–H and O–H groups in total. The summed E-state index contributed by atoms with van der Waals surface area (Å²) in [6.07, 6.45) is 2.11. The standard InChI is InChI=1S/C23H28N4O2/c1-4-27(5-2)21-10-8-20(9-11-21)26-17-19(16-24)23(28)25-15-14-18-6-12-22(29-3)13-7-18/h6-13,17,26H,4-5,14-15H2,1-3H3,(H,25,28)/b19-17-. The van der Waals surface area contributed by atoms with E-state index in [1.165, 1.54) is 6.20 Å². The van der Waals surface area contributed by atoms with Crippen LogP contribution in [-0.4, -0.2) is 32.7 Å². The quantitative estimate of drug-likeness (QED) is 0.476. The van der Waals surface area contributed by atoms with Gasteiger partial charge in [-0.05, 0) is 62.2 Å². The van der Waals surface area contributed by atoms with Gasteiger partial charge in [0.15, 0.2) is 0 Å². The summed E-state index contributed by atoms with van der Waals surface area (Å²) >= 11 is 0. The van der Waals surface area contributed by atoms with Crippen LogP contribution in [0.4, 0.5) is 11.4 Å². The second-order valence-electron chi connectivity index (χ2n) is 6.39. The van der Waals surface area contributed by atoms with E-state index in [1.807, 2.05) is 54.6 Å². The first-order valence-electron chi connectivity index (χ1n) is 9.74. The number of rotatable bonds is 10. The van der Waals surface area contributed by atoms with Gasteiger partial charge < -0.3 is 20.3 Å². The van der Waals surface area contributed by atoms with Gasteiger partial charge in [0.1, 0.15) is 17.4 Å². The topological polar surface area (TPSA) is 77.4 Å². The Labute approximate surface area is 172 Å². The van der Waals surface area contributed by atoms with Gasteiger partial charge in [0.05, 0.1) is 7.11 Å². The Kier molecular flexibility index (Phi) is 8.58. The predicted molar refractivity (Wildman–Crippen MR) is 117 cm³/mol. The van der Waals surface area contributed by atoms with Gasteiger partial charge in [-0.25, -0.2) is 0 Å². The summed E-state index contributed by atoms with van der Waals surface area (Å²) in [5.74, 6) is 0.400. The van der Waals surface area contributed by atoms with Gasteiger partial charge in [-0.1, -0.05) is 12.1 Å². The van der Waals surface area contributed by atoms with Crippen LogP contribution in [0.2, 0.25) is 0 Å². The molecule has 0 fully saturated rings. The second-order valence-corrected chi connectivity index (χ2v) is 6.39. The molecule has 29 heavy (non-hydrogen) atoms. The number of hydrogen-bond donors (Lipinski definition) is 2. The normalized spacial score (nSPS) is 10.8. The highest BCUT2D eigenvalue weighted by atomic mass is 16.5. The number of amides is 1. The van der Waals surface area contributed by atoms with Gasteiger partial charge in [0.25, 0.3) is 5.91 Å². The number of nitrogens with zero attached hydrogens (tertiary/aromatic N) is 2. The molecule has 2 rings (SSSR count). The number of carbonyl (C=O) groups excluding carboxylic acids is 1. The molecule has 152 valence electrons. The predicted octanol–water partition coefficient (Wildman–Crippen LogP) is 3.72. The molecule has 0 saturated carbocycles. The highest BCUT2D eigenvalue weighted by molar-refractivity contribution is 5.97. The fourth-order valence-corrected chi connectivity index (χ4v) is 2.87. The Balaban J connectivity index is 1.87. The fourth-order valence-electron chi connectivity index (χ4n) is 2.87. The van der Waals surface area contributed by atoms with Gasteiger partial charge in [-0.15, -0.1) is 0 Å². The third kappa shape index (κ3) is 6.58.